The van der Waals surface area contributed by atoms with Gasteiger partial charge in [-0.15, -0.1) is 0 Å². The molecule has 0 radical (unpaired) electrons. The molecule has 0 saturated carbocycles. The van der Waals surface area contributed by atoms with Gasteiger partial charge in [0.25, 0.3) is 5.91 Å². The third-order valence-electron chi connectivity index (χ3n) is 3.02. The molecule has 0 unspecified atom stereocenters. The summed E-state index contributed by atoms with van der Waals surface area (Å²) in [5.74, 6) is 0.166. The predicted octanol–water partition coefficient (Wildman–Crippen LogP) is 3.40. The number of hydrogen-bond acceptors (Lipinski definition) is 2. The van der Waals surface area contributed by atoms with Crippen molar-refractivity contribution in [2.75, 3.05) is 6.54 Å². The third-order valence-corrected chi connectivity index (χ3v) is 3.02. The summed E-state index contributed by atoms with van der Waals surface area (Å²) in [4.78, 5) is 11.8. The molecule has 0 aliphatic heterocycles. The van der Waals surface area contributed by atoms with Crippen LogP contribution in [-0.2, 0) is 0 Å². The highest BCUT2D eigenvalue weighted by molar-refractivity contribution is 5.94. The molecule has 1 rings (SSSR count). The van der Waals surface area contributed by atoms with Gasteiger partial charge in [0.2, 0.25) is 0 Å². The van der Waals surface area contributed by atoms with Crippen molar-refractivity contribution >= 4 is 5.91 Å². The summed E-state index contributed by atoms with van der Waals surface area (Å²) >= 11 is 0. The number of benzene rings is 1. The molecule has 0 aliphatic rings. The molecule has 0 fully saturated rings. The molecule has 0 spiro atoms. The van der Waals surface area contributed by atoms with Gasteiger partial charge < -0.3 is 10.4 Å². The van der Waals surface area contributed by atoms with E-state index in [1.165, 1.54) is 25.7 Å². The van der Waals surface area contributed by atoms with Gasteiger partial charge in [0.05, 0.1) is 0 Å². The SMILES string of the molecule is CCCCCCCNC(=O)c1ccc(O)c(C)c1. The lowest BCUT2D eigenvalue weighted by molar-refractivity contribution is 0.0953. The van der Waals surface area contributed by atoms with E-state index in [1.54, 1.807) is 25.1 Å². The highest BCUT2D eigenvalue weighted by atomic mass is 16.3. The van der Waals surface area contributed by atoms with Gasteiger partial charge in [0.1, 0.15) is 5.75 Å². The van der Waals surface area contributed by atoms with Crippen LogP contribution >= 0.6 is 0 Å². The number of aromatic hydroxyl groups is 1. The fourth-order valence-corrected chi connectivity index (χ4v) is 1.83. The van der Waals surface area contributed by atoms with Crippen molar-refractivity contribution in [1.29, 1.82) is 0 Å². The maximum atomic E-state index is 11.8. The van der Waals surface area contributed by atoms with Crippen molar-refractivity contribution < 1.29 is 9.90 Å². The molecule has 0 bridgehead atoms. The van der Waals surface area contributed by atoms with Gasteiger partial charge in [-0.05, 0) is 37.1 Å². The highest BCUT2D eigenvalue weighted by Gasteiger charge is 2.06. The molecule has 1 amide bonds. The summed E-state index contributed by atoms with van der Waals surface area (Å²) in [7, 11) is 0. The fraction of sp³-hybridized carbons (Fsp3) is 0.533. The lowest BCUT2D eigenvalue weighted by atomic mass is 10.1. The van der Waals surface area contributed by atoms with Crippen molar-refractivity contribution in [3.63, 3.8) is 0 Å². The number of carbonyl (C=O) groups excluding carboxylic acids is 1. The Kier molecular flexibility index (Phi) is 6.26. The standard InChI is InChI=1S/C15H23NO2/c1-3-4-5-6-7-10-16-15(18)13-8-9-14(17)12(2)11-13/h8-9,11,17H,3-7,10H2,1-2H3,(H,16,18). The first kappa shape index (κ1) is 14.6. The minimum absolute atomic E-state index is 0.0615. The lowest BCUT2D eigenvalue weighted by Gasteiger charge is -2.06. The first-order valence-corrected chi connectivity index (χ1v) is 6.73. The number of aryl methyl sites for hydroxylation is 1. The monoisotopic (exact) mass is 249 g/mol. The van der Waals surface area contributed by atoms with Crippen LogP contribution in [0.5, 0.6) is 5.75 Å². The topological polar surface area (TPSA) is 49.3 Å². The van der Waals surface area contributed by atoms with E-state index in [4.69, 9.17) is 0 Å². The summed E-state index contributed by atoms with van der Waals surface area (Å²) in [6, 6.07) is 4.92. The Hall–Kier alpha value is -1.51. The molecule has 100 valence electrons. The largest absolute Gasteiger partial charge is 0.508 e. The molecule has 3 heteroatoms. The second kappa shape index (κ2) is 7.75. The number of carbonyl (C=O) groups is 1. The van der Waals surface area contributed by atoms with Gasteiger partial charge in [-0.2, -0.15) is 0 Å². The van der Waals surface area contributed by atoms with Gasteiger partial charge in [0.15, 0.2) is 0 Å². The Labute approximate surface area is 109 Å². The Morgan fingerprint density at radius 2 is 1.94 bits per heavy atom. The van der Waals surface area contributed by atoms with E-state index in [0.29, 0.717) is 5.56 Å². The van der Waals surface area contributed by atoms with Gasteiger partial charge in [-0.1, -0.05) is 32.6 Å². The van der Waals surface area contributed by atoms with Crippen LogP contribution in [0.25, 0.3) is 0 Å². The third kappa shape index (κ3) is 4.78. The molecule has 18 heavy (non-hydrogen) atoms. The van der Waals surface area contributed by atoms with E-state index in [9.17, 15) is 9.90 Å². The van der Waals surface area contributed by atoms with E-state index in [2.05, 4.69) is 12.2 Å². The lowest BCUT2D eigenvalue weighted by Crippen LogP contribution is -2.24. The van der Waals surface area contributed by atoms with E-state index in [0.717, 1.165) is 18.5 Å². The highest BCUT2D eigenvalue weighted by Crippen LogP contribution is 2.16. The zero-order chi connectivity index (χ0) is 13.4. The molecule has 0 heterocycles. The van der Waals surface area contributed by atoms with Crippen LogP contribution in [0.15, 0.2) is 18.2 Å². The number of amides is 1. The summed E-state index contributed by atoms with van der Waals surface area (Å²) in [6.45, 7) is 4.70. The van der Waals surface area contributed by atoms with Crippen molar-refractivity contribution in [2.45, 2.75) is 46.0 Å². The quantitative estimate of drug-likeness (QED) is 0.728. The van der Waals surface area contributed by atoms with Crippen LogP contribution in [-0.4, -0.2) is 17.6 Å². The number of unbranched alkanes of at least 4 members (excludes halogenated alkanes) is 4. The molecular formula is C15H23NO2. The average Bonchev–Trinajstić information content (AvgIpc) is 2.36. The van der Waals surface area contributed by atoms with E-state index >= 15 is 0 Å². The first-order chi connectivity index (χ1) is 8.65. The van der Waals surface area contributed by atoms with Crippen molar-refractivity contribution in [2.24, 2.45) is 0 Å². The minimum atomic E-state index is -0.0615. The molecule has 1 aromatic rings. The van der Waals surface area contributed by atoms with Crippen molar-refractivity contribution in [3.05, 3.63) is 29.3 Å². The molecule has 1 aromatic carbocycles. The maximum Gasteiger partial charge on any atom is 0.251 e. The van der Waals surface area contributed by atoms with Gasteiger partial charge >= 0.3 is 0 Å². The van der Waals surface area contributed by atoms with Crippen LogP contribution in [0.2, 0.25) is 0 Å². The molecule has 0 saturated heterocycles. The number of hydrogen-bond donors (Lipinski definition) is 2. The Morgan fingerprint density at radius 1 is 1.22 bits per heavy atom. The predicted molar refractivity (Wildman–Crippen MR) is 73.9 cm³/mol. The Bertz CT molecular complexity index is 388. The number of rotatable bonds is 7. The molecule has 3 nitrogen and oxygen atoms in total. The smallest absolute Gasteiger partial charge is 0.251 e. The molecule has 0 aromatic heterocycles. The summed E-state index contributed by atoms with van der Waals surface area (Å²) in [5.41, 5.74) is 1.34. The van der Waals surface area contributed by atoms with Gasteiger partial charge in [-0.25, -0.2) is 0 Å². The van der Waals surface area contributed by atoms with Crippen LogP contribution in [0.3, 0.4) is 0 Å². The van der Waals surface area contributed by atoms with Crippen molar-refractivity contribution in [3.8, 4) is 5.75 Å². The van der Waals surface area contributed by atoms with Gasteiger partial charge in [-0.3, -0.25) is 4.79 Å². The second-order valence-electron chi connectivity index (χ2n) is 4.67. The van der Waals surface area contributed by atoms with Crippen LogP contribution < -0.4 is 5.32 Å². The first-order valence-electron chi connectivity index (χ1n) is 6.73. The van der Waals surface area contributed by atoms with Crippen LogP contribution in [0.4, 0.5) is 0 Å². The summed E-state index contributed by atoms with van der Waals surface area (Å²) in [5, 5.41) is 12.3. The zero-order valence-electron chi connectivity index (χ0n) is 11.3. The summed E-state index contributed by atoms with van der Waals surface area (Å²) < 4.78 is 0. The maximum absolute atomic E-state index is 11.8. The Morgan fingerprint density at radius 3 is 2.61 bits per heavy atom. The number of phenols is 1. The summed E-state index contributed by atoms with van der Waals surface area (Å²) in [6.07, 6.45) is 5.94. The number of nitrogens with one attached hydrogen (secondary N) is 1. The number of phenolic OH excluding ortho intramolecular Hbond substituents is 1. The van der Waals surface area contributed by atoms with E-state index in [-0.39, 0.29) is 11.7 Å². The van der Waals surface area contributed by atoms with E-state index in [1.807, 2.05) is 0 Å². The molecule has 2 N–H and O–H groups in total. The average molecular weight is 249 g/mol. The zero-order valence-corrected chi connectivity index (χ0v) is 11.3. The fourth-order valence-electron chi connectivity index (χ4n) is 1.83. The van der Waals surface area contributed by atoms with E-state index < -0.39 is 0 Å². The Balaban J connectivity index is 2.30. The molecule has 0 atom stereocenters. The minimum Gasteiger partial charge on any atom is -0.508 e. The van der Waals surface area contributed by atoms with Crippen molar-refractivity contribution in [1.82, 2.24) is 5.32 Å². The molecule has 0 aliphatic carbocycles. The van der Waals surface area contributed by atoms with Crippen LogP contribution in [0, 0.1) is 6.92 Å². The second-order valence-corrected chi connectivity index (χ2v) is 4.67. The van der Waals surface area contributed by atoms with Crippen LogP contribution in [0.1, 0.15) is 54.9 Å². The molecular weight excluding hydrogens is 226 g/mol. The normalized spacial score (nSPS) is 10.3. The van der Waals surface area contributed by atoms with Gasteiger partial charge in [0, 0.05) is 12.1 Å².